The summed E-state index contributed by atoms with van der Waals surface area (Å²) >= 11 is 11.9. The van der Waals surface area contributed by atoms with Crippen molar-refractivity contribution in [2.24, 2.45) is 0 Å². The average molecular weight is 310 g/mol. The Bertz CT molecular complexity index is 827. The number of nitrogens with two attached hydrogens (primary N) is 1. The van der Waals surface area contributed by atoms with Gasteiger partial charge in [0, 0.05) is 6.07 Å². The van der Waals surface area contributed by atoms with E-state index in [-0.39, 0.29) is 11.8 Å². The number of imidazole rings is 1. The molecule has 3 aromatic rings. The number of anilines is 1. The maximum absolute atomic E-state index is 13.6. The summed E-state index contributed by atoms with van der Waals surface area (Å²) in [6.45, 7) is 1.69. The Labute approximate surface area is 124 Å². The number of benzene rings is 2. The van der Waals surface area contributed by atoms with Gasteiger partial charge in [0.05, 0.1) is 26.8 Å². The van der Waals surface area contributed by atoms with Crippen molar-refractivity contribution in [3.8, 4) is 5.69 Å². The van der Waals surface area contributed by atoms with Crippen molar-refractivity contribution in [2.45, 2.75) is 6.92 Å². The molecule has 0 spiro atoms. The van der Waals surface area contributed by atoms with Crippen LogP contribution in [0.3, 0.4) is 0 Å². The predicted molar refractivity (Wildman–Crippen MR) is 80.2 cm³/mol. The van der Waals surface area contributed by atoms with Crippen LogP contribution in [-0.4, -0.2) is 9.55 Å². The number of nitrogen functional groups attached to an aromatic ring is 1. The quantitative estimate of drug-likeness (QED) is 0.725. The van der Waals surface area contributed by atoms with E-state index in [4.69, 9.17) is 28.9 Å². The topological polar surface area (TPSA) is 43.8 Å². The zero-order valence-electron chi connectivity index (χ0n) is 10.5. The van der Waals surface area contributed by atoms with E-state index < -0.39 is 0 Å². The largest absolute Gasteiger partial charge is 0.369 e. The molecule has 6 heteroatoms. The summed E-state index contributed by atoms with van der Waals surface area (Å²) in [5.41, 5.74) is 8.40. The molecule has 0 saturated heterocycles. The van der Waals surface area contributed by atoms with Crippen molar-refractivity contribution in [3.05, 3.63) is 51.8 Å². The van der Waals surface area contributed by atoms with Crippen LogP contribution in [0, 0.1) is 12.7 Å². The molecular formula is C14H10Cl2FN3. The van der Waals surface area contributed by atoms with Crippen LogP contribution in [0.25, 0.3) is 16.7 Å². The normalized spacial score (nSPS) is 11.2. The van der Waals surface area contributed by atoms with Gasteiger partial charge in [-0.15, -0.1) is 0 Å². The molecular weight excluding hydrogens is 300 g/mol. The number of nitrogens with zero attached hydrogens (tertiary/aromatic N) is 2. The third-order valence-corrected chi connectivity index (χ3v) is 3.86. The molecule has 1 heterocycles. The predicted octanol–water partition coefficient (Wildman–Crippen LogP) is 4.36. The molecule has 20 heavy (non-hydrogen) atoms. The second kappa shape index (κ2) is 4.65. The number of aromatic nitrogens is 2. The van der Waals surface area contributed by atoms with Crippen LogP contribution in [0.1, 0.15) is 5.56 Å². The summed E-state index contributed by atoms with van der Waals surface area (Å²) in [7, 11) is 0. The Morgan fingerprint density at radius 3 is 2.60 bits per heavy atom. The lowest BCUT2D eigenvalue weighted by molar-refractivity contribution is 0.620. The Balaban J connectivity index is 2.32. The molecule has 0 radical (unpaired) electrons. The molecule has 0 aliphatic rings. The van der Waals surface area contributed by atoms with E-state index in [0.29, 0.717) is 21.1 Å². The fourth-order valence-corrected chi connectivity index (χ4v) is 2.41. The lowest BCUT2D eigenvalue weighted by Crippen LogP contribution is -2.00. The Hall–Kier alpha value is -1.78. The highest BCUT2D eigenvalue weighted by molar-refractivity contribution is 6.42. The maximum Gasteiger partial charge on any atom is 0.205 e. The van der Waals surface area contributed by atoms with E-state index in [1.54, 1.807) is 35.8 Å². The van der Waals surface area contributed by atoms with Gasteiger partial charge in [-0.05, 0) is 36.8 Å². The lowest BCUT2D eigenvalue weighted by atomic mass is 10.2. The zero-order valence-corrected chi connectivity index (χ0v) is 12.0. The molecule has 3 rings (SSSR count). The first-order chi connectivity index (χ1) is 9.47. The van der Waals surface area contributed by atoms with Gasteiger partial charge in [-0.1, -0.05) is 23.2 Å². The van der Waals surface area contributed by atoms with Crippen molar-refractivity contribution in [2.75, 3.05) is 5.73 Å². The minimum atomic E-state index is -0.309. The minimum absolute atomic E-state index is 0.267. The molecule has 2 aromatic carbocycles. The van der Waals surface area contributed by atoms with E-state index in [2.05, 4.69) is 4.98 Å². The van der Waals surface area contributed by atoms with Crippen LogP contribution < -0.4 is 5.73 Å². The van der Waals surface area contributed by atoms with Crippen LogP contribution in [0.2, 0.25) is 10.0 Å². The average Bonchev–Trinajstić information content (AvgIpc) is 2.69. The minimum Gasteiger partial charge on any atom is -0.369 e. The van der Waals surface area contributed by atoms with Crippen LogP contribution in [0.15, 0.2) is 30.3 Å². The molecule has 102 valence electrons. The van der Waals surface area contributed by atoms with E-state index in [1.165, 1.54) is 6.07 Å². The standard InChI is InChI=1S/C14H10Cl2FN3/c1-7-4-13-12(6-11(7)17)19-14(18)20(13)8-2-3-9(15)10(16)5-8/h2-6H,1H3,(H2,18,19). The molecule has 2 N–H and O–H groups in total. The zero-order chi connectivity index (χ0) is 14.4. The molecule has 0 amide bonds. The van der Waals surface area contributed by atoms with E-state index >= 15 is 0 Å². The van der Waals surface area contributed by atoms with Gasteiger partial charge in [-0.25, -0.2) is 9.37 Å². The van der Waals surface area contributed by atoms with E-state index in [9.17, 15) is 4.39 Å². The SMILES string of the molecule is Cc1cc2c(cc1F)nc(N)n2-c1ccc(Cl)c(Cl)c1. The molecule has 0 fully saturated rings. The Morgan fingerprint density at radius 2 is 1.90 bits per heavy atom. The summed E-state index contributed by atoms with van der Waals surface area (Å²) in [6.07, 6.45) is 0. The molecule has 0 atom stereocenters. The summed E-state index contributed by atoms with van der Waals surface area (Å²) < 4.78 is 15.3. The van der Waals surface area contributed by atoms with Crippen LogP contribution in [0.5, 0.6) is 0 Å². The summed E-state index contributed by atoms with van der Waals surface area (Å²) in [5, 5.41) is 0.880. The van der Waals surface area contributed by atoms with Crippen LogP contribution >= 0.6 is 23.2 Å². The molecule has 0 saturated carbocycles. The van der Waals surface area contributed by atoms with Crippen molar-refractivity contribution in [1.82, 2.24) is 9.55 Å². The van der Waals surface area contributed by atoms with E-state index in [1.807, 2.05) is 0 Å². The summed E-state index contributed by atoms with van der Waals surface area (Å²) in [4.78, 5) is 4.17. The van der Waals surface area contributed by atoms with Crippen LogP contribution in [0.4, 0.5) is 10.3 Å². The number of hydrogen-bond acceptors (Lipinski definition) is 2. The number of rotatable bonds is 1. The Morgan fingerprint density at radius 1 is 1.15 bits per heavy atom. The van der Waals surface area contributed by atoms with Gasteiger partial charge in [0.15, 0.2) is 0 Å². The molecule has 0 unspecified atom stereocenters. The molecule has 0 aliphatic heterocycles. The first kappa shape index (κ1) is 13.2. The molecule has 0 bridgehead atoms. The first-order valence-electron chi connectivity index (χ1n) is 5.87. The monoisotopic (exact) mass is 309 g/mol. The highest BCUT2D eigenvalue weighted by Crippen LogP contribution is 2.29. The number of hydrogen-bond donors (Lipinski definition) is 1. The summed E-state index contributed by atoms with van der Waals surface area (Å²) in [5.74, 6) is -0.0420. The van der Waals surface area contributed by atoms with Gasteiger partial charge in [0.2, 0.25) is 5.95 Å². The van der Waals surface area contributed by atoms with Crippen molar-refractivity contribution in [3.63, 3.8) is 0 Å². The van der Waals surface area contributed by atoms with Crippen molar-refractivity contribution < 1.29 is 4.39 Å². The van der Waals surface area contributed by atoms with E-state index in [0.717, 1.165) is 11.2 Å². The van der Waals surface area contributed by atoms with Crippen LogP contribution in [-0.2, 0) is 0 Å². The highest BCUT2D eigenvalue weighted by atomic mass is 35.5. The second-order valence-corrected chi connectivity index (χ2v) is 5.31. The number of halogens is 3. The highest BCUT2D eigenvalue weighted by Gasteiger charge is 2.13. The van der Waals surface area contributed by atoms with Gasteiger partial charge in [0.1, 0.15) is 5.82 Å². The first-order valence-corrected chi connectivity index (χ1v) is 6.62. The second-order valence-electron chi connectivity index (χ2n) is 4.49. The molecule has 3 nitrogen and oxygen atoms in total. The third-order valence-electron chi connectivity index (χ3n) is 3.12. The smallest absolute Gasteiger partial charge is 0.205 e. The molecule has 0 aliphatic carbocycles. The summed E-state index contributed by atoms with van der Waals surface area (Å²) in [6, 6.07) is 8.23. The fraction of sp³-hybridized carbons (Fsp3) is 0.0714. The van der Waals surface area contributed by atoms with Gasteiger partial charge in [-0.3, -0.25) is 4.57 Å². The maximum atomic E-state index is 13.6. The van der Waals surface area contributed by atoms with Gasteiger partial charge in [-0.2, -0.15) is 0 Å². The number of aryl methyl sites for hydroxylation is 1. The molecule has 1 aromatic heterocycles. The van der Waals surface area contributed by atoms with Gasteiger partial charge >= 0.3 is 0 Å². The lowest BCUT2D eigenvalue weighted by Gasteiger charge is -2.08. The van der Waals surface area contributed by atoms with Crippen molar-refractivity contribution >= 4 is 40.2 Å². The van der Waals surface area contributed by atoms with Crippen molar-refractivity contribution in [1.29, 1.82) is 0 Å². The third kappa shape index (κ3) is 2.01. The van der Waals surface area contributed by atoms with Gasteiger partial charge in [0.25, 0.3) is 0 Å². The number of fused-ring (bicyclic) bond motifs is 1. The fourth-order valence-electron chi connectivity index (χ4n) is 2.12. The Kier molecular flexibility index (Phi) is 3.07. The van der Waals surface area contributed by atoms with Gasteiger partial charge < -0.3 is 5.73 Å².